The van der Waals surface area contributed by atoms with Gasteiger partial charge in [-0.15, -0.1) is 0 Å². The van der Waals surface area contributed by atoms with E-state index in [1.165, 1.54) is 12.1 Å². The van der Waals surface area contributed by atoms with Crippen molar-refractivity contribution in [2.45, 2.75) is 6.54 Å². The van der Waals surface area contributed by atoms with Crippen LogP contribution < -0.4 is 11.0 Å². The van der Waals surface area contributed by atoms with Crippen LogP contribution in [-0.4, -0.2) is 9.97 Å². The van der Waals surface area contributed by atoms with E-state index >= 15 is 0 Å². The average molecular weight is 415 g/mol. The molecular formula is C14H10Br2FN3O. The summed E-state index contributed by atoms with van der Waals surface area (Å²) in [5.74, 6) is -0.280. The maximum Gasteiger partial charge on any atom is 0.323 e. The molecular weight excluding hydrogens is 405 g/mol. The van der Waals surface area contributed by atoms with E-state index in [9.17, 15) is 9.18 Å². The maximum atomic E-state index is 13.1. The van der Waals surface area contributed by atoms with Crippen LogP contribution in [0.3, 0.4) is 0 Å². The van der Waals surface area contributed by atoms with Crippen molar-refractivity contribution in [3.8, 4) is 0 Å². The molecule has 7 heteroatoms. The van der Waals surface area contributed by atoms with Gasteiger partial charge in [0, 0.05) is 15.5 Å². The molecule has 0 aliphatic carbocycles. The third-order valence-electron chi connectivity index (χ3n) is 3.09. The summed E-state index contributed by atoms with van der Waals surface area (Å²) in [5.41, 5.74) is 3.00. The zero-order valence-corrected chi connectivity index (χ0v) is 13.8. The number of imidazole rings is 1. The molecule has 21 heavy (non-hydrogen) atoms. The first kappa shape index (κ1) is 14.3. The second kappa shape index (κ2) is 5.65. The monoisotopic (exact) mass is 413 g/mol. The third-order valence-corrected chi connectivity index (χ3v) is 4.48. The standard InChI is InChI=1S/C14H10Br2FN3O/c15-9-3-8(17)2-1-7(9)6-18-11-5-13-12(4-10(11)16)19-14(21)20-13/h1-5,18H,6H2,(H2,19,20,21). The van der Waals surface area contributed by atoms with E-state index in [-0.39, 0.29) is 11.5 Å². The van der Waals surface area contributed by atoms with Crippen molar-refractivity contribution in [3.63, 3.8) is 0 Å². The fourth-order valence-electron chi connectivity index (χ4n) is 2.05. The Kier molecular flexibility index (Phi) is 3.86. The number of hydrogen-bond donors (Lipinski definition) is 3. The van der Waals surface area contributed by atoms with Crippen LogP contribution in [0.25, 0.3) is 11.0 Å². The molecule has 3 rings (SSSR count). The average Bonchev–Trinajstić information content (AvgIpc) is 2.76. The predicted molar refractivity (Wildman–Crippen MR) is 88.0 cm³/mol. The van der Waals surface area contributed by atoms with Gasteiger partial charge in [-0.1, -0.05) is 22.0 Å². The summed E-state index contributed by atoms with van der Waals surface area (Å²) in [6, 6.07) is 8.24. The van der Waals surface area contributed by atoms with Gasteiger partial charge in [-0.05, 0) is 45.8 Å². The molecule has 1 aromatic heterocycles. The van der Waals surface area contributed by atoms with Crippen LogP contribution in [0.5, 0.6) is 0 Å². The van der Waals surface area contributed by atoms with Crippen molar-refractivity contribution in [1.29, 1.82) is 0 Å². The quantitative estimate of drug-likeness (QED) is 0.603. The lowest BCUT2D eigenvalue weighted by molar-refractivity contribution is 0.626. The van der Waals surface area contributed by atoms with Crippen LogP contribution in [0.4, 0.5) is 10.1 Å². The molecule has 0 unspecified atom stereocenters. The Morgan fingerprint density at radius 2 is 1.76 bits per heavy atom. The van der Waals surface area contributed by atoms with Crippen LogP contribution in [0, 0.1) is 5.82 Å². The zero-order valence-electron chi connectivity index (χ0n) is 10.6. The number of fused-ring (bicyclic) bond motifs is 1. The van der Waals surface area contributed by atoms with Crippen LogP contribution in [0.15, 0.2) is 44.1 Å². The van der Waals surface area contributed by atoms with Crippen molar-refractivity contribution in [2.75, 3.05) is 5.32 Å². The van der Waals surface area contributed by atoms with Gasteiger partial charge in [0.15, 0.2) is 0 Å². The van der Waals surface area contributed by atoms with Gasteiger partial charge in [0.1, 0.15) is 5.82 Å². The summed E-state index contributed by atoms with van der Waals surface area (Å²) in [6.45, 7) is 0.527. The van der Waals surface area contributed by atoms with Crippen molar-refractivity contribution in [3.05, 3.63) is 61.1 Å². The van der Waals surface area contributed by atoms with Crippen LogP contribution in [-0.2, 0) is 6.54 Å². The summed E-state index contributed by atoms with van der Waals surface area (Å²) in [6.07, 6.45) is 0. The van der Waals surface area contributed by atoms with Gasteiger partial charge in [-0.3, -0.25) is 0 Å². The van der Waals surface area contributed by atoms with E-state index in [1.807, 2.05) is 12.1 Å². The molecule has 0 bridgehead atoms. The van der Waals surface area contributed by atoms with E-state index in [1.54, 1.807) is 6.07 Å². The fraction of sp³-hybridized carbons (Fsp3) is 0.0714. The molecule has 0 aliphatic heterocycles. The molecule has 0 radical (unpaired) electrons. The molecule has 0 fully saturated rings. The molecule has 0 spiro atoms. The van der Waals surface area contributed by atoms with Crippen molar-refractivity contribution < 1.29 is 4.39 Å². The van der Waals surface area contributed by atoms with Gasteiger partial charge in [0.2, 0.25) is 0 Å². The second-order valence-electron chi connectivity index (χ2n) is 4.55. The van der Waals surface area contributed by atoms with E-state index in [0.29, 0.717) is 11.0 Å². The largest absolute Gasteiger partial charge is 0.380 e. The Morgan fingerprint density at radius 3 is 2.48 bits per heavy atom. The lowest BCUT2D eigenvalue weighted by Crippen LogP contribution is -2.01. The topological polar surface area (TPSA) is 60.7 Å². The highest BCUT2D eigenvalue weighted by Crippen LogP contribution is 2.27. The number of aromatic amines is 2. The van der Waals surface area contributed by atoms with Crippen LogP contribution >= 0.6 is 31.9 Å². The Balaban J connectivity index is 1.87. The molecule has 2 aromatic carbocycles. The lowest BCUT2D eigenvalue weighted by Gasteiger charge is -2.10. The van der Waals surface area contributed by atoms with Gasteiger partial charge in [0.25, 0.3) is 0 Å². The molecule has 1 heterocycles. The third kappa shape index (κ3) is 3.03. The highest BCUT2D eigenvalue weighted by Gasteiger charge is 2.07. The van der Waals surface area contributed by atoms with Crippen molar-refractivity contribution >= 4 is 48.6 Å². The van der Waals surface area contributed by atoms with E-state index in [4.69, 9.17) is 0 Å². The summed E-state index contributed by atoms with van der Waals surface area (Å²) in [4.78, 5) is 16.7. The molecule has 3 N–H and O–H groups in total. The molecule has 0 saturated carbocycles. The molecule has 108 valence electrons. The van der Waals surface area contributed by atoms with Crippen molar-refractivity contribution in [2.24, 2.45) is 0 Å². The Labute approximate surface area is 136 Å². The number of hydrogen-bond acceptors (Lipinski definition) is 2. The van der Waals surface area contributed by atoms with Gasteiger partial charge in [-0.25, -0.2) is 9.18 Å². The molecule has 3 aromatic rings. The minimum atomic E-state index is -0.280. The second-order valence-corrected chi connectivity index (χ2v) is 6.25. The first-order valence-corrected chi connectivity index (χ1v) is 7.71. The predicted octanol–water partition coefficient (Wildman–Crippen LogP) is 4.13. The van der Waals surface area contributed by atoms with E-state index < -0.39 is 0 Å². The number of rotatable bonds is 3. The van der Waals surface area contributed by atoms with Gasteiger partial charge in [0.05, 0.1) is 16.7 Å². The van der Waals surface area contributed by atoms with Crippen molar-refractivity contribution in [1.82, 2.24) is 9.97 Å². The minimum absolute atomic E-state index is 0.240. The minimum Gasteiger partial charge on any atom is -0.380 e. The fourth-order valence-corrected chi connectivity index (χ4v) is 3.02. The van der Waals surface area contributed by atoms with Gasteiger partial charge in [-0.2, -0.15) is 0 Å². The summed E-state index contributed by atoms with van der Waals surface area (Å²) < 4.78 is 14.6. The van der Waals surface area contributed by atoms with Gasteiger partial charge < -0.3 is 15.3 Å². The van der Waals surface area contributed by atoms with Crippen LogP contribution in [0.2, 0.25) is 0 Å². The number of aromatic nitrogens is 2. The summed E-state index contributed by atoms with van der Waals surface area (Å²) >= 11 is 6.80. The summed E-state index contributed by atoms with van der Waals surface area (Å²) in [7, 11) is 0. The molecule has 0 amide bonds. The smallest absolute Gasteiger partial charge is 0.323 e. The molecule has 4 nitrogen and oxygen atoms in total. The molecule has 0 aliphatic rings. The Hall–Kier alpha value is -1.60. The number of anilines is 1. The first-order valence-electron chi connectivity index (χ1n) is 6.12. The van der Waals surface area contributed by atoms with E-state index in [0.717, 1.165) is 26.8 Å². The number of H-pyrrole nitrogens is 2. The highest BCUT2D eigenvalue weighted by atomic mass is 79.9. The van der Waals surface area contributed by atoms with Crippen LogP contribution in [0.1, 0.15) is 5.56 Å². The van der Waals surface area contributed by atoms with Gasteiger partial charge >= 0.3 is 5.69 Å². The first-order chi connectivity index (χ1) is 10.0. The molecule has 0 saturated heterocycles. The summed E-state index contributed by atoms with van der Waals surface area (Å²) in [5, 5.41) is 3.26. The lowest BCUT2D eigenvalue weighted by atomic mass is 10.2. The Bertz CT molecular complexity index is 872. The number of nitrogens with one attached hydrogen (secondary N) is 3. The SMILES string of the molecule is O=c1[nH]c2cc(Br)c(NCc3ccc(F)cc3Br)cc2[nH]1. The highest BCUT2D eigenvalue weighted by molar-refractivity contribution is 9.11. The maximum absolute atomic E-state index is 13.1. The zero-order chi connectivity index (χ0) is 15.0. The number of benzene rings is 2. The Morgan fingerprint density at radius 1 is 1.05 bits per heavy atom. The molecule has 0 atom stereocenters. The normalized spacial score (nSPS) is 11.0. The van der Waals surface area contributed by atoms with E-state index in [2.05, 4.69) is 47.1 Å². The number of halogens is 3.